The quantitative estimate of drug-likeness (QED) is 0.560. The summed E-state index contributed by atoms with van der Waals surface area (Å²) in [6, 6.07) is 0. The van der Waals surface area contributed by atoms with E-state index in [1.807, 2.05) is 14.1 Å². The normalized spacial score (nSPS) is 14.1. The third-order valence-electron chi connectivity index (χ3n) is 1.35. The summed E-state index contributed by atoms with van der Waals surface area (Å²) in [5, 5.41) is 17.3. The molecular weight excluding hydrogens is 130 g/mol. The van der Waals surface area contributed by atoms with Crippen molar-refractivity contribution in [1.29, 1.82) is 0 Å². The molecule has 0 aliphatic heterocycles. The van der Waals surface area contributed by atoms with Crippen LogP contribution in [0, 0.1) is 0 Å². The monoisotopic (exact) mass is 147 g/mol. The zero-order valence-electron chi connectivity index (χ0n) is 6.75. The van der Waals surface area contributed by atoms with Crippen molar-refractivity contribution in [3.63, 3.8) is 0 Å². The Morgan fingerprint density at radius 1 is 1.40 bits per heavy atom. The average molecular weight is 147 g/mol. The van der Waals surface area contributed by atoms with Gasteiger partial charge in [0, 0.05) is 0 Å². The van der Waals surface area contributed by atoms with Crippen molar-refractivity contribution in [1.82, 2.24) is 4.90 Å². The molecule has 0 saturated heterocycles. The molecule has 0 aliphatic carbocycles. The van der Waals surface area contributed by atoms with Crippen molar-refractivity contribution < 1.29 is 10.2 Å². The topological polar surface area (TPSA) is 43.7 Å². The first kappa shape index (κ1) is 9.88. The lowest BCUT2D eigenvalue weighted by molar-refractivity contribution is 0.0848. The Balaban J connectivity index is 3.03. The van der Waals surface area contributed by atoms with Crippen LogP contribution in [-0.2, 0) is 0 Å². The van der Waals surface area contributed by atoms with Gasteiger partial charge < -0.3 is 15.1 Å². The molecule has 0 bridgehead atoms. The minimum absolute atomic E-state index is 0.118. The maximum Gasteiger partial charge on any atom is 0.0771 e. The predicted octanol–water partition coefficient (Wildman–Crippen LogP) is -0.319. The largest absolute Gasteiger partial charge is 0.394 e. The second-order valence-corrected chi connectivity index (χ2v) is 2.78. The number of aliphatic hydroxyl groups excluding tert-OH is 2. The molecule has 0 fully saturated rings. The van der Waals surface area contributed by atoms with Gasteiger partial charge in [-0.1, -0.05) is 0 Å². The van der Waals surface area contributed by atoms with Crippen LogP contribution in [0.15, 0.2) is 0 Å². The van der Waals surface area contributed by atoms with Gasteiger partial charge in [-0.2, -0.15) is 0 Å². The lowest BCUT2D eigenvalue weighted by Crippen LogP contribution is -2.17. The number of hydrogen-bond donors (Lipinski definition) is 2. The Bertz CT molecular complexity index is 76.0. The van der Waals surface area contributed by atoms with Crippen LogP contribution >= 0.6 is 0 Å². The van der Waals surface area contributed by atoms with E-state index in [9.17, 15) is 0 Å². The van der Waals surface area contributed by atoms with Gasteiger partial charge >= 0.3 is 0 Å². The first-order valence-electron chi connectivity index (χ1n) is 3.60. The molecule has 0 aromatic rings. The Morgan fingerprint density at radius 2 is 2.00 bits per heavy atom. The maximum atomic E-state index is 8.90. The fourth-order valence-corrected chi connectivity index (χ4v) is 0.734. The molecule has 0 radical (unpaired) electrons. The summed E-state index contributed by atoms with van der Waals surface area (Å²) in [6.07, 6.45) is 1.10. The first-order chi connectivity index (χ1) is 4.66. The second kappa shape index (κ2) is 5.65. The van der Waals surface area contributed by atoms with Gasteiger partial charge in [-0.3, -0.25) is 0 Å². The minimum Gasteiger partial charge on any atom is -0.394 e. The lowest BCUT2D eigenvalue weighted by atomic mass is 10.2. The molecule has 62 valence electrons. The molecule has 1 atom stereocenters. The summed E-state index contributed by atoms with van der Waals surface area (Å²) >= 11 is 0. The van der Waals surface area contributed by atoms with Crippen molar-refractivity contribution in [2.45, 2.75) is 18.9 Å². The zero-order chi connectivity index (χ0) is 7.98. The summed E-state index contributed by atoms with van der Waals surface area (Å²) in [5.41, 5.74) is 0. The van der Waals surface area contributed by atoms with Crippen molar-refractivity contribution in [3.8, 4) is 0 Å². The van der Waals surface area contributed by atoms with E-state index < -0.39 is 6.10 Å². The highest BCUT2D eigenvalue weighted by atomic mass is 16.3. The van der Waals surface area contributed by atoms with E-state index in [1.165, 1.54) is 0 Å². The van der Waals surface area contributed by atoms with Crippen LogP contribution in [0.3, 0.4) is 0 Å². The molecule has 0 rings (SSSR count). The summed E-state index contributed by atoms with van der Waals surface area (Å²) < 4.78 is 0. The standard InChI is InChI=1S/C7H17NO2/c1-8(2)5-3-4-7(10)6-9/h7,9-10H,3-6H2,1-2H3. The summed E-state index contributed by atoms with van der Waals surface area (Å²) in [6.45, 7) is 0.852. The molecule has 3 nitrogen and oxygen atoms in total. The van der Waals surface area contributed by atoms with Crippen LogP contribution in [0.4, 0.5) is 0 Å². The van der Waals surface area contributed by atoms with Crippen LogP contribution in [0.5, 0.6) is 0 Å². The maximum absolute atomic E-state index is 8.90. The van der Waals surface area contributed by atoms with E-state index in [1.54, 1.807) is 0 Å². The Labute approximate surface area is 62.3 Å². The molecule has 0 saturated carbocycles. The van der Waals surface area contributed by atoms with Crippen molar-refractivity contribution in [3.05, 3.63) is 0 Å². The van der Waals surface area contributed by atoms with Gasteiger partial charge in [0.15, 0.2) is 0 Å². The lowest BCUT2D eigenvalue weighted by Gasteiger charge is -2.10. The zero-order valence-corrected chi connectivity index (χ0v) is 6.75. The summed E-state index contributed by atoms with van der Waals surface area (Å²) in [5.74, 6) is 0. The molecule has 10 heavy (non-hydrogen) atoms. The van der Waals surface area contributed by atoms with Gasteiger partial charge in [0.1, 0.15) is 0 Å². The van der Waals surface area contributed by atoms with E-state index in [0.717, 1.165) is 13.0 Å². The van der Waals surface area contributed by atoms with Gasteiger partial charge in [-0.15, -0.1) is 0 Å². The molecule has 0 heterocycles. The minimum atomic E-state index is -0.528. The van der Waals surface area contributed by atoms with Crippen molar-refractivity contribution in [2.75, 3.05) is 27.2 Å². The number of nitrogens with zero attached hydrogens (tertiary/aromatic N) is 1. The highest BCUT2D eigenvalue weighted by Crippen LogP contribution is 1.95. The van der Waals surface area contributed by atoms with Crippen LogP contribution in [0.1, 0.15) is 12.8 Å². The Kier molecular flexibility index (Phi) is 5.58. The molecule has 1 unspecified atom stereocenters. The van der Waals surface area contributed by atoms with Crippen LogP contribution < -0.4 is 0 Å². The van der Waals surface area contributed by atoms with Gasteiger partial charge in [0.25, 0.3) is 0 Å². The van der Waals surface area contributed by atoms with Crippen molar-refractivity contribution >= 4 is 0 Å². The van der Waals surface area contributed by atoms with Crippen LogP contribution in [0.2, 0.25) is 0 Å². The van der Waals surface area contributed by atoms with Gasteiger partial charge in [-0.25, -0.2) is 0 Å². The number of aliphatic hydroxyl groups is 2. The molecule has 3 heteroatoms. The van der Waals surface area contributed by atoms with Gasteiger partial charge in [0.05, 0.1) is 12.7 Å². The SMILES string of the molecule is CN(C)CCCC(O)CO. The fraction of sp³-hybridized carbons (Fsp3) is 1.00. The molecular formula is C7H17NO2. The van der Waals surface area contributed by atoms with E-state index in [0.29, 0.717) is 6.42 Å². The molecule has 0 aromatic carbocycles. The molecule has 0 amide bonds. The highest BCUT2D eigenvalue weighted by molar-refractivity contribution is 4.53. The second-order valence-electron chi connectivity index (χ2n) is 2.78. The fourth-order valence-electron chi connectivity index (χ4n) is 0.734. The molecule has 0 aliphatic rings. The van der Waals surface area contributed by atoms with Crippen LogP contribution in [-0.4, -0.2) is 48.5 Å². The van der Waals surface area contributed by atoms with E-state index in [-0.39, 0.29) is 6.61 Å². The van der Waals surface area contributed by atoms with Gasteiger partial charge in [0.2, 0.25) is 0 Å². The molecule has 2 N–H and O–H groups in total. The average Bonchev–Trinajstić information content (AvgIpc) is 1.87. The smallest absolute Gasteiger partial charge is 0.0771 e. The number of hydrogen-bond acceptors (Lipinski definition) is 3. The highest BCUT2D eigenvalue weighted by Gasteiger charge is 2.00. The van der Waals surface area contributed by atoms with Gasteiger partial charge in [-0.05, 0) is 33.5 Å². The predicted molar refractivity (Wildman–Crippen MR) is 40.9 cm³/mol. The third-order valence-corrected chi connectivity index (χ3v) is 1.35. The van der Waals surface area contributed by atoms with Crippen molar-refractivity contribution in [2.24, 2.45) is 0 Å². The summed E-state index contributed by atoms with van der Waals surface area (Å²) in [7, 11) is 3.98. The van der Waals surface area contributed by atoms with E-state index in [2.05, 4.69) is 4.90 Å². The Hall–Kier alpha value is -0.120. The first-order valence-corrected chi connectivity index (χ1v) is 3.60. The molecule has 0 spiro atoms. The molecule has 0 aromatic heterocycles. The Morgan fingerprint density at radius 3 is 2.40 bits per heavy atom. The van der Waals surface area contributed by atoms with E-state index in [4.69, 9.17) is 10.2 Å². The van der Waals surface area contributed by atoms with Crippen LogP contribution in [0.25, 0.3) is 0 Å². The van der Waals surface area contributed by atoms with E-state index >= 15 is 0 Å². The number of rotatable bonds is 5. The summed E-state index contributed by atoms with van der Waals surface area (Å²) in [4.78, 5) is 2.06. The third kappa shape index (κ3) is 6.01.